The third kappa shape index (κ3) is 3.33. The van der Waals surface area contributed by atoms with E-state index < -0.39 is 6.04 Å². The molecule has 0 saturated heterocycles. The summed E-state index contributed by atoms with van der Waals surface area (Å²) >= 11 is 0. The molecule has 1 aromatic carbocycles. The van der Waals surface area contributed by atoms with Gasteiger partial charge in [0.15, 0.2) is 11.5 Å². The van der Waals surface area contributed by atoms with Crippen LogP contribution in [0.4, 0.5) is 0 Å². The molecule has 9 heteroatoms. The number of nitroso groups, excluding NO2 is 1. The molecule has 0 bridgehead atoms. The highest BCUT2D eigenvalue weighted by Gasteiger charge is 2.19. The van der Waals surface area contributed by atoms with Crippen LogP contribution >= 0.6 is 0 Å². The Morgan fingerprint density at radius 3 is 2.65 bits per heavy atom. The monoisotopic (exact) mass is 412 g/mol. The van der Waals surface area contributed by atoms with Crippen molar-refractivity contribution >= 4 is 16.6 Å². The Labute approximate surface area is 177 Å². The summed E-state index contributed by atoms with van der Waals surface area (Å²) in [5, 5.41) is 21.5. The zero-order valence-electron chi connectivity index (χ0n) is 17.3. The van der Waals surface area contributed by atoms with Crippen molar-refractivity contribution in [2.45, 2.75) is 25.8 Å². The van der Waals surface area contributed by atoms with Gasteiger partial charge in [0.05, 0.1) is 17.4 Å². The van der Waals surface area contributed by atoms with Crippen molar-refractivity contribution in [3.63, 3.8) is 0 Å². The molecule has 0 aliphatic heterocycles. The molecule has 2 atom stereocenters. The second-order valence-electron chi connectivity index (χ2n) is 7.67. The summed E-state index contributed by atoms with van der Waals surface area (Å²) in [6, 6.07) is 11.3. The van der Waals surface area contributed by atoms with E-state index in [2.05, 4.69) is 49.6 Å². The van der Waals surface area contributed by atoms with Gasteiger partial charge in [-0.1, -0.05) is 18.2 Å². The minimum atomic E-state index is -0.535. The largest absolute Gasteiger partial charge is 0.275 e. The second-order valence-corrected chi connectivity index (χ2v) is 7.67. The maximum absolute atomic E-state index is 10.9. The van der Waals surface area contributed by atoms with Gasteiger partial charge < -0.3 is 0 Å². The van der Waals surface area contributed by atoms with E-state index in [0.717, 1.165) is 27.6 Å². The van der Waals surface area contributed by atoms with E-state index in [1.165, 1.54) is 0 Å². The minimum Gasteiger partial charge on any atom is -0.275 e. The van der Waals surface area contributed by atoms with Crippen molar-refractivity contribution in [3.8, 4) is 11.1 Å². The van der Waals surface area contributed by atoms with Crippen LogP contribution in [0.15, 0.2) is 60.2 Å². The van der Waals surface area contributed by atoms with Gasteiger partial charge in [-0.25, -0.2) is 0 Å². The Hall–Kier alpha value is -4.01. The second kappa shape index (κ2) is 7.35. The van der Waals surface area contributed by atoms with E-state index in [1.54, 1.807) is 28.3 Å². The van der Waals surface area contributed by atoms with Crippen LogP contribution in [0.25, 0.3) is 27.7 Å². The molecule has 31 heavy (non-hydrogen) atoms. The summed E-state index contributed by atoms with van der Waals surface area (Å²) in [6.07, 6.45) is 5.66. The van der Waals surface area contributed by atoms with Crippen molar-refractivity contribution in [2.24, 2.45) is 12.2 Å². The summed E-state index contributed by atoms with van der Waals surface area (Å²) in [7, 11) is 1.89. The molecule has 4 heterocycles. The molecule has 0 fully saturated rings. The van der Waals surface area contributed by atoms with Crippen LogP contribution in [0.2, 0.25) is 0 Å². The number of rotatable bonds is 5. The summed E-state index contributed by atoms with van der Waals surface area (Å²) in [4.78, 5) is 15.5. The lowest BCUT2D eigenvalue weighted by Gasteiger charge is -2.12. The van der Waals surface area contributed by atoms with Gasteiger partial charge in [0.25, 0.3) is 0 Å². The molecule has 5 aromatic rings. The molecule has 0 spiro atoms. The standard InChI is InChI=1S/C22H20N8O/c1-13(22-26-25-21-7-6-19(14(2)28-31)27-30(21)22)15-4-5-20-16(8-15)9-17(10-23-20)18-11-24-29(3)12-18/h4-14H,1-3H3. The molecule has 0 N–H and O–H groups in total. The third-order valence-electron chi connectivity index (χ3n) is 5.52. The molecule has 0 saturated carbocycles. The fourth-order valence-corrected chi connectivity index (χ4v) is 3.66. The molecule has 2 unspecified atom stereocenters. The van der Waals surface area contributed by atoms with E-state index in [0.29, 0.717) is 17.2 Å². The fourth-order valence-electron chi connectivity index (χ4n) is 3.66. The smallest absolute Gasteiger partial charge is 0.177 e. The van der Waals surface area contributed by atoms with E-state index in [-0.39, 0.29) is 5.92 Å². The number of pyridine rings is 1. The predicted molar refractivity (Wildman–Crippen MR) is 116 cm³/mol. The molecule has 0 radical (unpaired) electrons. The van der Waals surface area contributed by atoms with E-state index in [1.807, 2.05) is 37.8 Å². The van der Waals surface area contributed by atoms with Gasteiger partial charge in [-0.05, 0) is 42.8 Å². The summed E-state index contributed by atoms with van der Waals surface area (Å²) < 4.78 is 3.47. The quantitative estimate of drug-likeness (QED) is 0.403. The van der Waals surface area contributed by atoms with Gasteiger partial charge in [0, 0.05) is 41.9 Å². The van der Waals surface area contributed by atoms with E-state index >= 15 is 0 Å². The van der Waals surface area contributed by atoms with Crippen molar-refractivity contribution in [1.29, 1.82) is 0 Å². The lowest BCUT2D eigenvalue weighted by Crippen LogP contribution is -2.07. The SMILES string of the molecule is CC(N=O)c1ccc2nnc(C(C)c3ccc4ncc(-c5cnn(C)c5)cc4c3)n2n1. The highest BCUT2D eigenvalue weighted by Crippen LogP contribution is 2.28. The molecule has 0 aliphatic rings. The predicted octanol–water partition coefficient (Wildman–Crippen LogP) is 4.05. The van der Waals surface area contributed by atoms with Gasteiger partial charge in [0.2, 0.25) is 0 Å². The molecular formula is C22H20N8O. The lowest BCUT2D eigenvalue weighted by molar-refractivity contribution is 0.694. The van der Waals surface area contributed by atoms with Crippen LogP contribution in [0.1, 0.15) is 42.9 Å². The van der Waals surface area contributed by atoms with Crippen molar-refractivity contribution < 1.29 is 0 Å². The Morgan fingerprint density at radius 2 is 1.87 bits per heavy atom. The molecule has 5 rings (SSSR count). The van der Waals surface area contributed by atoms with E-state index in [9.17, 15) is 4.91 Å². The number of hydrogen-bond acceptors (Lipinski definition) is 7. The normalized spacial score (nSPS) is 13.5. The van der Waals surface area contributed by atoms with Gasteiger partial charge >= 0.3 is 0 Å². The summed E-state index contributed by atoms with van der Waals surface area (Å²) in [5.41, 5.74) is 5.24. The maximum atomic E-state index is 10.9. The Morgan fingerprint density at radius 1 is 1.00 bits per heavy atom. The number of hydrogen-bond donors (Lipinski definition) is 0. The molecule has 4 aromatic heterocycles. The first-order chi connectivity index (χ1) is 15.0. The van der Waals surface area contributed by atoms with Crippen LogP contribution in [-0.2, 0) is 7.05 Å². The molecular weight excluding hydrogens is 392 g/mol. The summed E-state index contributed by atoms with van der Waals surface area (Å²) in [5.74, 6) is 0.634. The zero-order valence-corrected chi connectivity index (χ0v) is 17.3. The Kier molecular flexibility index (Phi) is 4.50. The number of nitrogens with zero attached hydrogens (tertiary/aromatic N) is 8. The van der Waals surface area contributed by atoms with Gasteiger partial charge in [-0.15, -0.1) is 10.2 Å². The zero-order chi connectivity index (χ0) is 21.5. The maximum Gasteiger partial charge on any atom is 0.177 e. The minimum absolute atomic E-state index is 0.0660. The fraction of sp³-hybridized carbons (Fsp3) is 0.227. The number of aryl methyl sites for hydroxylation is 1. The average Bonchev–Trinajstić information content (AvgIpc) is 3.43. The first-order valence-corrected chi connectivity index (χ1v) is 9.97. The number of fused-ring (bicyclic) bond motifs is 2. The first-order valence-electron chi connectivity index (χ1n) is 9.97. The molecule has 0 amide bonds. The third-order valence-corrected chi connectivity index (χ3v) is 5.52. The van der Waals surface area contributed by atoms with Crippen LogP contribution < -0.4 is 0 Å². The van der Waals surface area contributed by atoms with Gasteiger partial charge in [-0.2, -0.15) is 19.6 Å². The molecule has 154 valence electrons. The first kappa shape index (κ1) is 19.0. The van der Waals surface area contributed by atoms with Crippen LogP contribution in [0.3, 0.4) is 0 Å². The summed E-state index contributed by atoms with van der Waals surface area (Å²) in [6.45, 7) is 3.77. The van der Waals surface area contributed by atoms with Crippen molar-refractivity contribution in [3.05, 3.63) is 77.0 Å². The van der Waals surface area contributed by atoms with Gasteiger partial charge in [0.1, 0.15) is 6.04 Å². The molecule has 9 nitrogen and oxygen atoms in total. The molecule has 0 aliphatic carbocycles. The van der Waals surface area contributed by atoms with E-state index in [4.69, 9.17) is 0 Å². The number of benzene rings is 1. The average molecular weight is 412 g/mol. The highest BCUT2D eigenvalue weighted by molar-refractivity contribution is 5.84. The number of aromatic nitrogens is 7. The van der Waals surface area contributed by atoms with Crippen molar-refractivity contribution in [2.75, 3.05) is 0 Å². The topological polar surface area (TPSA) is 103 Å². The lowest BCUT2D eigenvalue weighted by atomic mass is 9.98. The Balaban J connectivity index is 1.56. The van der Waals surface area contributed by atoms with Crippen LogP contribution in [0, 0.1) is 4.91 Å². The van der Waals surface area contributed by atoms with Crippen LogP contribution in [-0.4, -0.2) is 34.6 Å². The Bertz CT molecular complexity index is 1420. The van der Waals surface area contributed by atoms with Gasteiger partial charge in [-0.3, -0.25) is 9.67 Å². The van der Waals surface area contributed by atoms with Crippen molar-refractivity contribution in [1.82, 2.24) is 34.6 Å². The highest BCUT2D eigenvalue weighted by atomic mass is 16.3. The van der Waals surface area contributed by atoms with Crippen LogP contribution in [0.5, 0.6) is 0 Å².